The molecule has 1 fully saturated rings. The van der Waals surface area contributed by atoms with Crippen LogP contribution in [0.5, 0.6) is 0 Å². The Bertz CT molecular complexity index is 599. The molecule has 0 heterocycles. The van der Waals surface area contributed by atoms with Gasteiger partial charge in [0.2, 0.25) is 0 Å². The van der Waals surface area contributed by atoms with Crippen LogP contribution in [0.3, 0.4) is 0 Å². The quantitative estimate of drug-likeness (QED) is 0.696. The number of rotatable bonds is 6. The molecule has 2 aliphatic rings. The summed E-state index contributed by atoms with van der Waals surface area (Å²) in [4.78, 5) is 0. The third kappa shape index (κ3) is 4.08. The standard InChI is InChI=1S/C22H27N/c1-3-18-13-14-21(15-18)17(2)23-22(16-19-9-7-8-10-19)20-11-5-4-6-12-20/h1,4-6,11-13,19,21-23H,2,7-10,14-16H2. The molecule has 2 aliphatic carbocycles. The fraction of sp³-hybridized carbons (Fsp3) is 0.455. The predicted octanol–water partition coefficient (Wildman–Crippen LogP) is 5.38. The van der Waals surface area contributed by atoms with Gasteiger partial charge in [0.1, 0.15) is 0 Å². The second kappa shape index (κ2) is 7.55. The summed E-state index contributed by atoms with van der Waals surface area (Å²) in [6.07, 6.45) is 16.5. The van der Waals surface area contributed by atoms with E-state index in [0.29, 0.717) is 12.0 Å². The molecule has 0 amide bonds. The lowest BCUT2D eigenvalue weighted by Gasteiger charge is -2.27. The van der Waals surface area contributed by atoms with Crippen LogP contribution in [0.2, 0.25) is 0 Å². The summed E-state index contributed by atoms with van der Waals surface area (Å²) in [6, 6.07) is 11.2. The molecule has 1 nitrogen and oxygen atoms in total. The third-order valence-electron chi connectivity index (χ3n) is 5.40. The fourth-order valence-electron chi connectivity index (χ4n) is 3.98. The van der Waals surface area contributed by atoms with E-state index in [9.17, 15) is 0 Å². The van der Waals surface area contributed by atoms with Crippen molar-refractivity contribution >= 4 is 0 Å². The highest BCUT2D eigenvalue weighted by molar-refractivity contribution is 5.32. The number of benzene rings is 1. The van der Waals surface area contributed by atoms with Crippen LogP contribution in [-0.2, 0) is 0 Å². The first-order valence-electron chi connectivity index (χ1n) is 8.92. The maximum absolute atomic E-state index is 5.53. The smallest absolute Gasteiger partial charge is 0.0513 e. The highest BCUT2D eigenvalue weighted by Gasteiger charge is 2.24. The molecule has 0 saturated heterocycles. The molecule has 1 aromatic rings. The van der Waals surface area contributed by atoms with E-state index in [1.54, 1.807) is 0 Å². The Morgan fingerprint density at radius 2 is 2.00 bits per heavy atom. The Hall–Kier alpha value is -1.94. The van der Waals surface area contributed by atoms with Crippen molar-refractivity contribution in [2.75, 3.05) is 0 Å². The Labute approximate surface area is 140 Å². The van der Waals surface area contributed by atoms with Crippen molar-refractivity contribution in [3.05, 3.63) is 59.8 Å². The van der Waals surface area contributed by atoms with E-state index >= 15 is 0 Å². The van der Waals surface area contributed by atoms with Crippen molar-refractivity contribution in [1.82, 2.24) is 5.32 Å². The Morgan fingerprint density at radius 1 is 1.26 bits per heavy atom. The Morgan fingerprint density at radius 3 is 2.65 bits per heavy atom. The van der Waals surface area contributed by atoms with Gasteiger partial charge in [0.15, 0.2) is 0 Å². The number of hydrogen-bond acceptors (Lipinski definition) is 1. The van der Waals surface area contributed by atoms with Gasteiger partial charge in [-0.05, 0) is 36.3 Å². The zero-order chi connectivity index (χ0) is 16.1. The van der Waals surface area contributed by atoms with Crippen LogP contribution in [0.4, 0.5) is 0 Å². The van der Waals surface area contributed by atoms with E-state index in [-0.39, 0.29) is 0 Å². The van der Waals surface area contributed by atoms with Gasteiger partial charge in [0, 0.05) is 11.6 Å². The van der Waals surface area contributed by atoms with Gasteiger partial charge in [-0.15, -0.1) is 6.42 Å². The first-order valence-corrected chi connectivity index (χ1v) is 8.92. The first kappa shape index (κ1) is 15.9. The lowest BCUT2D eigenvalue weighted by molar-refractivity contribution is 0.401. The van der Waals surface area contributed by atoms with Crippen molar-refractivity contribution < 1.29 is 0 Å². The molecule has 120 valence electrons. The van der Waals surface area contributed by atoms with Crippen molar-refractivity contribution in [1.29, 1.82) is 0 Å². The van der Waals surface area contributed by atoms with Gasteiger partial charge >= 0.3 is 0 Å². The second-order valence-corrected chi connectivity index (χ2v) is 7.03. The molecule has 1 heteroatoms. The van der Waals surface area contributed by atoms with Gasteiger partial charge in [-0.3, -0.25) is 0 Å². The maximum Gasteiger partial charge on any atom is 0.0513 e. The zero-order valence-electron chi connectivity index (χ0n) is 13.9. The minimum Gasteiger partial charge on any atom is -0.382 e. The molecule has 2 unspecified atom stereocenters. The first-order chi connectivity index (χ1) is 11.3. The molecule has 1 aromatic carbocycles. The lowest BCUT2D eigenvalue weighted by Crippen LogP contribution is -2.25. The van der Waals surface area contributed by atoms with Gasteiger partial charge in [0.05, 0.1) is 6.04 Å². The number of nitrogens with one attached hydrogen (secondary N) is 1. The summed E-state index contributed by atoms with van der Waals surface area (Å²) in [5, 5.41) is 3.75. The van der Waals surface area contributed by atoms with E-state index in [0.717, 1.165) is 30.0 Å². The fourth-order valence-corrected chi connectivity index (χ4v) is 3.98. The molecule has 3 rings (SSSR count). The monoisotopic (exact) mass is 305 g/mol. The molecule has 2 atom stereocenters. The van der Waals surface area contributed by atoms with Crippen LogP contribution < -0.4 is 5.32 Å². The number of hydrogen-bond donors (Lipinski definition) is 1. The molecular formula is C22H27N. The van der Waals surface area contributed by atoms with Crippen LogP contribution in [0.15, 0.2) is 54.3 Å². The van der Waals surface area contributed by atoms with Gasteiger partial charge < -0.3 is 5.32 Å². The van der Waals surface area contributed by atoms with E-state index in [1.165, 1.54) is 37.7 Å². The van der Waals surface area contributed by atoms with Crippen LogP contribution >= 0.6 is 0 Å². The van der Waals surface area contributed by atoms with Crippen LogP contribution in [0.1, 0.15) is 56.6 Å². The minimum atomic E-state index is 0.377. The average molecular weight is 305 g/mol. The van der Waals surface area contributed by atoms with Gasteiger partial charge in [-0.1, -0.05) is 74.6 Å². The number of terminal acetylenes is 1. The summed E-state index contributed by atoms with van der Waals surface area (Å²) < 4.78 is 0. The molecular weight excluding hydrogens is 278 g/mol. The normalized spacial score (nSPS) is 22.4. The van der Waals surface area contributed by atoms with Crippen molar-refractivity contribution in [3.8, 4) is 12.3 Å². The summed E-state index contributed by atoms with van der Waals surface area (Å²) in [5.41, 5.74) is 3.66. The SMILES string of the molecule is C#CC1=CCC(C(=C)NC(CC2CCCC2)c2ccccc2)C1. The Kier molecular flexibility index (Phi) is 5.23. The molecule has 0 bridgehead atoms. The molecule has 1 saturated carbocycles. The summed E-state index contributed by atoms with van der Waals surface area (Å²) in [5.74, 6) is 4.09. The summed E-state index contributed by atoms with van der Waals surface area (Å²) in [7, 11) is 0. The molecule has 0 aliphatic heterocycles. The minimum absolute atomic E-state index is 0.377. The second-order valence-electron chi connectivity index (χ2n) is 7.03. The zero-order valence-corrected chi connectivity index (χ0v) is 13.9. The molecule has 1 N–H and O–H groups in total. The van der Waals surface area contributed by atoms with Crippen LogP contribution in [-0.4, -0.2) is 0 Å². The Balaban J connectivity index is 1.66. The van der Waals surface area contributed by atoms with Gasteiger partial charge in [0.25, 0.3) is 0 Å². The average Bonchev–Trinajstić information content (AvgIpc) is 3.26. The van der Waals surface area contributed by atoms with Crippen molar-refractivity contribution in [2.45, 2.75) is 51.0 Å². The van der Waals surface area contributed by atoms with E-state index in [1.807, 2.05) is 0 Å². The highest BCUT2D eigenvalue weighted by atomic mass is 14.9. The van der Waals surface area contributed by atoms with Crippen molar-refractivity contribution in [3.63, 3.8) is 0 Å². The molecule has 0 aromatic heterocycles. The predicted molar refractivity (Wildman–Crippen MR) is 97.7 cm³/mol. The van der Waals surface area contributed by atoms with Crippen molar-refractivity contribution in [2.24, 2.45) is 11.8 Å². The number of allylic oxidation sites excluding steroid dienone is 3. The van der Waals surface area contributed by atoms with E-state index in [4.69, 9.17) is 6.42 Å². The van der Waals surface area contributed by atoms with E-state index in [2.05, 4.69) is 54.2 Å². The molecule has 0 spiro atoms. The molecule has 23 heavy (non-hydrogen) atoms. The maximum atomic E-state index is 5.53. The van der Waals surface area contributed by atoms with Crippen LogP contribution in [0.25, 0.3) is 0 Å². The largest absolute Gasteiger partial charge is 0.382 e. The summed E-state index contributed by atoms with van der Waals surface area (Å²) >= 11 is 0. The summed E-state index contributed by atoms with van der Waals surface area (Å²) in [6.45, 7) is 4.33. The topological polar surface area (TPSA) is 12.0 Å². The third-order valence-corrected chi connectivity index (χ3v) is 5.40. The molecule has 0 radical (unpaired) electrons. The highest BCUT2D eigenvalue weighted by Crippen LogP contribution is 2.35. The lowest BCUT2D eigenvalue weighted by atomic mass is 9.92. The van der Waals surface area contributed by atoms with E-state index < -0.39 is 0 Å². The van der Waals surface area contributed by atoms with Gasteiger partial charge in [-0.2, -0.15) is 0 Å². The van der Waals surface area contributed by atoms with Crippen LogP contribution in [0, 0.1) is 24.2 Å². The van der Waals surface area contributed by atoms with Gasteiger partial charge in [-0.25, -0.2) is 0 Å².